The second-order valence-corrected chi connectivity index (χ2v) is 4.50. The summed E-state index contributed by atoms with van der Waals surface area (Å²) in [6.45, 7) is 0. The van der Waals surface area contributed by atoms with Crippen LogP contribution in [0.15, 0.2) is 41.6 Å². The van der Waals surface area contributed by atoms with Gasteiger partial charge in [0.1, 0.15) is 5.69 Å². The van der Waals surface area contributed by atoms with Crippen molar-refractivity contribution < 1.29 is 28.3 Å². The quantitative estimate of drug-likeness (QED) is 0.567. The Balaban J connectivity index is 0.000000277. The molecule has 8 nitrogen and oxygen atoms in total. The standard InChI is InChI=1S/C12H8N4O2.C2HF3O2/c17-11-8-2-1-4-14-12(8)15-9-6-13-5-3-7(9)10(11)16-18;3-2(4,5)1(6)7/h1-6,18H,(H,16,17);(H,6,7). The average molecular weight is 354 g/mol. The van der Waals surface area contributed by atoms with E-state index in [2.05, 4.69) is 15.0 Å². The van der Waals surface area contributed by atoms with Crippen molar-refractivity contribution in [3.63, 3.8) is 0 Å². The molecule has 0 aliphatic carbocycles. The highest BCUT2D eigenvalue weighted by molar-refractivity contribution is 5.94. The highest BCUT2D eigenvalue weighted by Crippen LogP contribution is 2.18. The zero-order valence-electron chi connectivity index (χ0n) is 12.2. The number of aromatic nitrogens is 3. The second-order valence-electron chi connectivity index (χ2n) is 4.50. The maximum absolute atomic E-state index is 12.3. The van der Waals surface area contributed by atoms with E-state index in [9.17, 15) is 18.0 Å². The number of alkyl halides is 3. The molecule has 0 aliphatic heterocycles. The van der Waals surface area contributed by atoms with Crippen LogP contribution in [-0.4, -0.2) is 37.4 Å². The van der Waals surface area contributed by atoms with E-state index in [4.69, 9.17) is 15.1 Å². The topological polar surface area (TPSA) is 125 Å². The molecule has 11 heteroatoms. The normalized spacial score (nSPS) is 10.9. The van der Waals surface area contributed by atoms with Gasteiger partial charge in [-0.25, -0.2) is 14.8 Å². The Bertz CT molecular complexity index is 995. The van der Waals surface area contributed by atoms with Crippen molar-refractivity contribution in [3.05, 3.63) is 47.0 Å². The molecule has 0 spiro atoms. The van der Waals surface area contributed by atoms with E-state index >= 15 is 0 Å². The van der Waals surface area contributed by atoms with Gasteiger partial charge in [0, 0.05) is 17.8 Å². The van der Waals surface area contributed by atoms with Gasteiger partial charge in [0.2, 0.25) is 5.43 Å². The maximum Gasteiger partial charge on any atom is 0.490 e. The van der Waals surface area contributed by atoms with Crippen molar-refractivity contribution in [3.8, 4) is 0 Å². The molecule has 25 heavy (non-hydrogen) atoms. The third kappa shape index (κ3) is 3.95. The molecule has 0 atom stereocenters. The zero-order chi connectivity index (χ0) is 18.6. The lowest BCUT2D eigenvalue weighted by Gasteiger charge is -1.96. The number of carbonyl (C=O) groups is 1. The van der Waals surface area contributed by atoms with Gasteiger partial charge >= 0.3 is 12.1 Å². The summed E-state index contributed by atoms with van der Waals surface area (Å²) in [5.74, 6) is -2.76. The Kier molecular flexibility index (Phi) is 5.08. The summed E-state index contributed by atoms with van der Waals surface area (Å²) in [5.41, 5.74) is 2.47. The van der Waals surface area contributed by atoms with Crippen LogP contribution in [-0.2, 0) is 4.79 Å². The molecule has 3 N–H and O–H groups in total. The second kappa shape index (κ2) is 7.05. The van der Waals surface area contributed by atoms with E-state index in [1.807, 2.05) is 5.48 Å². The number of fused-ring (bicyclic) bond motifs is 2. The SMILES string of the molecule is O=C(O)C(F)(F)F.O=c1c(NO)c2ccncc2nc2ncccc12. The molecule has 0 saturated carbocycles. The predicted octanol–water partition coefficient (Wildman–Crippen LogP) is 1.97. The van der Waals surface area contributed by atoms with Crippen molar-refractivity contribution in [1.29, 1.82) is 0 Å². The van der Waals surface area contributed by atoms with Crippen LogP contribution < -0.4 is 10.9 Å². The van der Waals surface area contributed by atoms with Gasteiger partial charge in [-0.1, -0.05) is 0 Å². The first-order valence-electron chi connectivity index (χ1n) is 6.48. The molecule has 0 aromatic carbocycles. The number of pyridine rings is 2. The molecule has 130 valence electrons. The molecule has 3 aromatic rings. The number of hydrogen-bond acceptors (Lipinski definition) is 7. The third-order valence-corrected chi connectivity index (χ3v) is 2.91. The number of carboxylic acids is 1. The van der Waals surface area contributed by atoms with Gasteiger partial charge < -0.3 is 5.11 Å². The van der Waals surface area contributed by atoms with Crippen LogP contribution in [0.1, 0.15) is 0 Å². The van der Waals surface area contributed by atoms with Crippen molar-refractivity contribution in [2.45, 2.75) is 6.18 Å². The van der Waals surface area contributed by atoms with E-state index in [1.165, 1.54) is 12.4 Å². The Morgan fingerprint density at radius 1 is 1.16 bits per heavy atom. The molecule has 0 aliphatic rings. The third-order valence-electron chi connectivity index (χ3n) is 2.91. The van der Waals surface area contributed by atoms with Gasteiger partial charge in [0.05, 0.1) is 17.1 Å². The van der Waals surface area contributed by atoms with Gasteiger partial charge in [-0.05, 0) is 18.2 Å². The van der Waals surface area contributed by atoms with E-state index < -0.39 is 12.1 Å². The summed E-state index contributed by atoms with van der Waals surface area (Å²) >= 11 is 0. The number of aliphatic carboxylic acids is 1. The van der Waals surface area contributed by atoms with Gasteiger partial charge in [-0.3, -0.25) is 20.5 Å². The Morgan fingerprint density at radius 3 is 2.44 bits per heavy atom. The Labute approximate surface area is 136 Å². The molecular weight excluding hydrogens is 345 g/mol. The summed E-state index contributed by atoms with van der Waals surface area (Å²) in [7, 11) is 0. The first kappa shape index (κ1) is 18.0. The van der Waals surface area contributed by atoms with Gasteiger partial charge in [0.25, 0.3) is 0 Å². The first-order chi connectivity index (χ1) is 11.8. The van der Waals surface area contributed by atoms with Gasteiger partial charge in [-0.15, -0.1) is 0 Å². The smallest absolute Gasteiger partial charge is 0.475 e. The number of carboxylic acid groups (broad SMARTS) is 1. The molecular formula is C14H9F3N4O4. The fourth-order valence-corrected chi connectivity index (χ4v) is 1.83. The predicted molar refractivity (Wildman–Crippen MR) is 80.2 cm³/mol. The fraction of sp³-hybridized carbons (Fsp3) is 0.0714. The van der Waals surface area contributed by atoms with Crippen molar-refractivity contribution in [2.75, 3.05) is 5.48 Å². The summed E-state index contributed by atoms with van der Waals surface area (Å²) < 4.78 is 31.7. The lowest BCUT2D eigenvalue weighted by Crippen LogP contribution is -2.21. The highest BCUT2D eigenvalue weighted by Gasteiger charge is 2.38. The van der Waals surface area contributed by atoms with E-state index in [0.717, 1.165) is 0 Å². The maximum atomic E-state index is 12.3. The number of nitrogens with zero attached hydrogens (tertiary/aromatic N) is 3. The molecule has 0 amide bonds. The lowest BCUT2D eigenvalue weighted by molar-refractivity contribution is -0.192. The molecule has 3 aromatic heterocycles. The summed E-state index contributed by atoms with van der Waals surface area (Å²) in [4.78, 5) is 33.4. The number of rotatable bonds is 1. The van der Waals surface area contributed by atoms with Crippen molar-refractivity contribution >= 4 is 33.6 Å². The molecule has 0 bridgehead atoms. The van der Waals surface area contributed by atoms with Crippen LogP contribution in [0.25, 0.3) is 21.9 Å². The summed E-state index contributed by atoms with van der Waals surface area (Å²) in [6.07, 6.45) is -0.477. The minimum atomic E-state index is -5.08. The minimum Gasteiger partial charge on any atom is -0.475 e. The highest BCUT2D eigenvalue weighted by atomic mass is 19.4. The van der Waals surface area contributed by atoms with Crippen LogP contribution in [0.4, 0.5) is 18.9 Å². The minimum absolute atomic E-state index is 0.0721. The van der Waals surface area contributed by atoms with Gasteiger partial charge in [-0.2, -0.15) is 13.2 Å². The number of halogens is 3. The van der Waals surface area contributed by atoms with Crippen LogP contribution in [0.3, 0.4) is 0 Å². The number of hydrogen-bond donors (Lipinski definition) is 3. The van der Waals surface area contributed by atoms with Crippen LogP contribution >= 0.6 is 0 Å². The number of anilines is 1. The molecule has 3 heterocycles. The summed E-state index contributed by atoms with van der Waals surface area (Å²) in [5, 5.41) is 17.1. The zero-order valence-corrected chi connectivity index (χ0v) is 12.2. The Morgan fingerprint density at radius 2 is 1.84 bits per heavy atom. The number of nitrogens with one attached hydrogen (secondary N) is 1. The fourth-order valence-electron chi connectivity index (χ4n) is 1.83. The van der Waals surface area contributed by atoms with E-state index in [1.54, 1.807) is 24.4 Å². The largest absolute Gasteiger partial charge is 0.490 e. The molecule has 0 unspecified atom stereocenters. The van der Waals surface area contributed by atoms with Crippen molar-refractivity contribution in [1.82, 2.24) is 15.0 Å². The lowest BCUT2D eigenvalue weighted by atomic mass is 10.2. The van der Waals surface area contributed by atoms with E-state index in [-0.39, 0.29) is 11.1 Å². The molecule has 0 radical (unpaired) electrons. The molecule has 0 saturated heterocycles. The van der Waals surface area contributed by atoms with Crippen LogP contribution in [0.2, 0.25) is 0 Å². The Hall–Kier alpha value is -3.34. The van der Waals surface area contributed by atoms with Gasteiger partial charge in [0.15, 0.2) is 5.65 Å². The summed E-state index contributed by atoms with van der Waals surface area (Å²) in [6, 6.07) is 4.88. The average Bonchev–Trinajstić information content (AvgIpc) is 2.68. The van der Waals surface area contributed by atoms with Crippen LogP contribution in [0, 0.1) is 0 Å². The van der Waals surface area contributed by atoms with E-state index in [0.29, 0.717) is 21.9 Å². The van der Waals surface area contributed by atoms with Crippen molar-refractivity contribution in [2.24, 2.45) is 0 Å². The van der Waals surface area contributed by atoms with Crippen LogP contribution in [0.5, 0.6) is 0 Å². The monoisotopic (exact) mass is 354 g/mol. The molecule has 0 fully saturated rings. The molecule has 3 rings (SSSR count). The first-order valence-corrected chi connectivity index (χ1v) is 6.48.